The van der Waals surface area contributed by atoms with Gasteiger partial charge in [-0.25, -0.2) is 28.1 Å². The predicted octanol–water partition coefficient (Wildman–Crippen LogP) is 1.69. The first-order valence-electron chi connectivity index (χ1n) is 9.16. The van der Waals surface area contributed by atoms with Gasteiger partial charge in [0.15, 0.2) is 0 Å². The Morgan fingerprint density at radius 3 is 2.59 bits per heavy atom. The Morgan fingerprint density at radius 1 is 1.07 bits per heavy atom. The quantitative estimate of drug-likeness (QED) is 0.484. The summed E-state index contributed by atoms with van der Waals surface area (Å²) in [6.07, 6.45) is 3.17. The van der Waals surface area contributed by atoms with E-state index in [1.165, 1.54) is 6.33 Å². The maximum absolute atomic E-state index is 12.1. The highest BCUT2D eigenvalue weighted by Gasteiger charge is 2.10. The summed E-state index contributed by atoms with van der Waals surface area (Å²) in [5, 5.41) is 3.09. The molecule has 0 aliphatic heterocycles. The third kappa shape index (κ3) is 6.00. The Kier molecular flexibility index (Phi) is 6.78. The van der Waals surface area contributed by atoms with E-state index in [4.69, 9.17) is 4.74 Å². The molecule has 0 atom stereocenters. The van der Waals surface area contributed by atoms with Crippen LogP contribution in [0.2, 0.25) is 0 Å². The number of aromatic nitrogens is 4. The molecule has 1 aromatic carbocycles. The fourth-order valence-corrected chi connectivity index (χ4v) is 3.42. The largest absolute Gasteiger partial charge is 0.492 e. The Morgan fingerprint density at radius 2 is 1.86 bits per heavy atom. The Balaban J connectivity index is 1.44. The molecule has 0 spiro atoms. The van der Waals surface area contributed by atoms with Crippen LogP contribution in [-0.2, 0) is 10.0 Å². The Hall–Kier alpha value is -2.98. The van der Waals surface area contributed by atoms with Crippen molar-refractivity contribution < 1.29 is 13.2 Å². The third-order valence-electron chi connectivity index (χ3n) is 4.27. The number of rotatable bonds is 10. The topological polar surface area (TPSA) is 111 Å². The number of hydrogen-bond acceptors (Lipinski definition) is 7. The van der Waals surface area contributed by atoms with E-state index < -0.39 is 10.0 Å². The number of nitrogens with one attached hydrogen (secondary N) is 2. The fourth-order valence-electron chi connectivity index (χ4n) is 2.56. The van der Waals surface area contributed by atoms with Gasteiger partial charge in [0.1, 0.15) is 36.6 Å². The SMILES string of the molecule is Cc1ncn(-c2cc(NCCNS(=O)(=O)CCOc3ccccc3)ncn2)c1C. The number of hydrogen-bond donors (Lipinski definition) is 2. The highest BCUT2D eigenvalue weighted by molar-refractivity contribution is 7.89. The standard InChI is InChI=1S/C19H24N6O3S/c1-15-16(2)25(14-23-15)19-12-18(21-13-22-19)20-8-9-24-29(26,27)11-10-28-17-6-4-3-5-7-17/h3-7,12-14,24H,8-11H2,1-2H3,(H,20,21,22). The van der Waals surface area contributed by atoms with Gasteiger partial charge in [-0.15, -0.1) is 0 Å². The van der Waals surface area contributed by atoms with Gasteiger partial charge in [0.25, 0.3) is 0 Å². The lowest BCUT2D eigenvalue weighted by molar-refractivity contribution is 0.340. The van der Waals surface area contributed by atoms with Crippen molar-refractivity contribution in [2.75, 3.05) is 30.8 Å². The molecule has 10 heteroatoms. The van der Waals surface area contributed by atoms with Crippen molar-refractivity contribution in [1.29, 1.82) is 0 Å². The summed E-state index contributed by atoms with van der Waals surface area (Å²) in [6.45, 7) is 4.61. The van der Waals surface area contributed by atoms with Crippen LogP contribution in [0.4, 0.5) is 5.82 Å². The molecular formula is C19H24N6O3S. The van der Waals surface area contributed by atoms with Gasteiger partial charge in [-0.3, -0.25) is 4.57 Å². The van der Waals surface area contributed by atoms with E-state index >= 15 is 0 Å². The lowest BCUT2D eigenvalue weighted by atomic mass is 10.3. The summed E-state index contributed by atoms with van der Waals surface area (Å²) in [6, 6.07) is 10.9. The van der Waals surface area contributed by atoms with Crippen LogP contribution in [0.25, 0.3) is 5.82 Å². The second-order valence-corrected chi connectivity index (χ2v) is 8.27. The van der Waals surface area contributed by atoms with E-state index in [0.717, 1.165) is 11.4 Å². The van der Waals surface area contributed by atoms with Crippen LogP contribution in [0.15, 0.2) is 49.1 Å². The van der Waals surface area contributed by atoms with Crippen LogP contribution in [-0.4, -0.2) is 53.4 Å². The maximum Gasteiger partial charge on any atom is 0.215 e. The lowest BCUT2D eigenvalue weighted by Gasteiger charge is -2.10. The summed E-state index contributed by atoms with van der Waals surface area (Å²) >= 11 is 0. The van der Waals surface area contributed by atoms with Crippen molar-refractivity contribution in [3.8, 4) is 11.6 Å². The van der Waals surface area contributed by atoms with Crippen molar-refractivity contribution in [2.24, 2.45) is 0 Å². The summed E-state index contributed by atoms with van der Waals surface area (Å²) in [4.78, 5) is 12.7. The number of anilines is 1. The lowest BCUT2D eigenvalue weighted by Crippen LogP contribution is -2.32. The molecule has 3 aromatic rings. The van der Waals surface area contributed by atoms with Crippen LogP contribution in [0, 0.1) is 13.8 Å². The molecule has 0 saturated heterocycles. The third-order valence-corrected chi connectivity index (χ3v) is 5.62. The molecule has 0 fully saturated rings. The van der Waals surface area contributed by atoms with Crippen molar-refractivity contribution in [1.82, 2.24) is 24.2 Å². The first-order chi connectivity index (χ1) is 13.9. The van der Waals surface area contributed by atoms with Crippen LogP contribution in [0.5, 0.6) is 5.75 Å². The van der Waals surface area contributed by atoms with E-state index in [9.17, 15) is 8.42 Å². The average Bonchev–Trinajstić information content (AvgIpc) is 3.05. The molecule has 2 N–H and O–H groups in total. The summed E-state index contributed by atoms with van der Waals surface area (Å²) in [5.41, 5.74) is 1.93. The van der Waals surface area contributed by atoms with Gasteiger partial charge in [0, 0.05) is 24.8 Å². The van der Waals surface area contributed by atoms with Crippen molar-refractivity contribution in [3.63, 3.8) is 0 Å². The van der Waals surface area contributed by atoms with E-state index in [0.29, 0.717) is 23.9 Å². The molecule has 2 heterocycles. The monoisotopic (exact) mass is 416 g/mol. The molecule has 2 aromatic heterocycles. The van der Waals surface area contributed by atoms with Gasteiger partial charge in [0.2, 0.25) is 10.0 Å². The number of sulfonamides is 1. The van der Waals surface area contributed by atoms with Gasteiger partial charge in [-0.2, -0.15) is 0 Å². The van der Waals surface area contributed by atoms with Crippen LogP contribution in [0.1, 0.15) is 11.4 Å². The zero-order valence-corrected chi connectivity index (χ0v) is 17.2. The van der Waals surface area contributed by atoms with Gasteiger partial charge < -0.3 is 10.1 Å². The molecule has 9 nitrogen and oxygen atoms in total. The Bertz CT molecular complexity index is 1040. The van der Waals surface area contributed by atoms with E-state index in [1.807, 2.05) is 36.6 Å². The first kappa shape index (κ1) is 20.7. The van der Waals surface area contributed by atoms with E-state index in [2.05, 4.69) is 25.0 Å². The number of ether oxygens (including phenoxy) is 1. The van der Waals surface area contributed by atoms with Crippen molar-refractivity contribution in [2.45, 2.75) is 13.8 Å². The van der Waals surface area contributed by atoms with Crippen LogP contribution >= 0.6 is 0 Å². The summed E-state index contributed by atoms with van der Waals surface area (Å²) < 4.78 is 34.0. The molecule has 0 bridgehead atoms. The van der Waals surface area contributed by atoms with Gasteiger partial charge in [0.05, 0.1) is 11.4 Å². The molecule has 154 valence electrons. The number of imidazole rings is 1. The number of nitrogens with zero attached hydrogens (tertiary/aromatic N) is 4. The molecule has 0 amide bonds. The minimum atomic E-state index is -3.42. The average molecular weight is 417 g/mol. The fraction of sp³-hybridized carbons (Fsp3) is 0.316. The van der Waals surface area contributed by atoms with Crippen LogP contribution < -0.4 is 14.8 Å². The van der Waals surface area contributed by atoms with Gasteiger partial charge >= 0.3 is 0 Å². The van der Waals surface area contributed by atoms with Crippen LogP contribution in [0.3, 0.4) is 0 Å². The highest BCUT2D eigenvalue weighted by atomic mass is 32.2. The second-order valence-electron chi connectivity index (χ2n) is 6.35. The minimum absolute atomic E-state index is 0.0890. The summed E-state index contributed by atoms with van der Waals surface area (Å²) in [5.74, 6) is 1.83. The zero-order chi connectivity index (χ0) is 20.7. The first-order valence-corrected chi connectivity index (χ1v) is 10.8. The van der Waals surface area contributed by atoms with Gasteiger partial charge in [-0.05, 0) is 26.0 Å². The van der Waals surface area contributed by atoms with Gasteiger partial charge in [-0.1, -0.05) is 18.2 Å². The molecule has 0 unspecified atom stereocenters. The highest BCUT2D eigenvalue weighted by Crippen LogP contribution is 2.13. The maximum atomic E-state index is 12.1. The second kappa shape index (κ2) is 9.48. The predicted molar refractivity (Wildman–Crippen MR) is 111 cm³/mol. The molecule has 3 rings (SSSR count). The number of para-hydroxylation sites is 1. The smallest absolute Gasteiger partial charge is 0.215 e. The normalized spacial score (nSPS) is 11.4. The molecular weight excluding hydrogens is 392 g/mol. The number of benzene rings is 1. The van der Waals surface area contributed by atoms with E-state index in [1.54, 1.807) is 24.5 Å². The summed E-state index contributed by atoms with van der Waals surface area (Å²) in [7, 11) is -3.42. The van der Waals surface area contributed by atoms with E-state index in [-0.39, 0.29) is 18.9 Å². The van der Waals surface area contributed by atoms with Crippen molar-refractivity contribution >= 4 is 15.8 Å². The molecule has 0 aliphatic carbocycles. The molecule has 0 radical (unpaired) electrons. The molecule has 0 saturated carbocycles. The molecule has 29 heavy (non-hydrogen) atoms. The Labute approximate surface area is 170 Å². The molecule has 0 aliphatic rings. The minimum Gasteiger partial charge on any atom is -0.492 e. The van der Waals surface area contributed by atoms with Crippen molar-refractivity contribution in [3.05, 3.63) is 60.4 Å². The zero-order valence-electron chi connectivity index (χ0n) is 16.4. The number of aryl methyl sites for hydroxylation is 1.